The molecule has 0 saturated carbocycles. The zero-order valence-electron chi connectivity index (χ0n) is 12.4. The second-order valence-electron chi connectivity index (χ2n) is 4.94. The van der Waals surface area contributed by atoms with Crippen LogP contribution in [0.4, 0.5) is 13.2 Å². The van der Waals surface area contributed by atoms with Gasteiger partial charge in [-0.1, -0.05) is 6.07 Å². The predicted molar refractivity (Wildman–Crippen MR) is 74.9 cm³/mol. The van der Waals surface area contributed by atoms with Crippen molar-refractivity contribution in [2.45, 2.75) is 25.7 Å². The first kappa shape index (κ1) is 17.5. The average Bonchev–Trinajstić information content (AvgIpc) is 2.99. The van der Waals surface area contributed by atoms with Crippen LogP contribution in [0.1, 0.15) is 34.8 Å². The molecule has 0 bridgehead atoms. The largest absolute Gasteiger partial charge is 0.475 e. The molecule has 128 valence electrons. The molecule has 2 heterocycles. The number of hydrogen-bond acceptors (Lipinski definition) is 4. The third kappa shape index (κ3) is 3.73. The van der Waals surface area contributed by atoms with E-state index in [1.807, 2.05) is 0 Å². The number of furan rings is 1. The fourth-order valence-electron chi connectivity index (χ4n) is 2.16. The highest BCUT2D eigenvalue weighted by molar-refractivity contribution is 5.86. The highest BCUT2D eigenvalue weighted by atomic mass is 19.4. The molecule has 0 saturated heterocycles. The van der Waals surface area contributed by atoms with Crippen molar-refractivity contribution >= 4 is 11.9 Å². The maximum atomic E-state index is 12.9. The second-order valence-corrected chi connectivity index (χ2v) is 4.94. The Morgan fingerprint density at radius 3 is 2.58 bits per heavy atom. The van der Waals surface area contributed by atoms with Gasteiger partial charge in [0.05, 0.1) is 24.5 Å². The lowest BCUT2D eigenvalue weighted by molar-refractivity contribution is -0.188. The molecule has 1 unspecified atom stereocenters. The summed E-state index contributed by atoms with van der Waals surface area (Å²) in [5, 5.41) is 8.99. The number of halogens is 3. The normalized spacial score (nSPS) is 12.7. The van der Waals surface area contributed by atoms with Gasteiger partial charge < -0.3 is 14.4 Å². The van der Waals surface area contributed by atoms with Gasteiger partial charge in [-0.15, -0.1) is 0 Å². The molecule has 0 aliphatic heterocycles. The van der Waals surface area contributed by atoms with E-state index in [0.717, 1.165) is 6.26 Å². The number of aromatic carboxylic acids is 1. The number of carboxylic acids is 1. The third-order valence-corrected chi connectivity index (χ3v) is 3.37. The van der Waals surface area contributed by atoms with Crippen LogP contribution in [0.2, 0.25) is 0 Å². The zero-order chi connectivity index (χ0) is 17.9. The summed E-state index contributed by atoms with van der Waals surface area (Å²) in [6.45, 7) is 0.806. The van der Waals surface area contributed by atoms with Crippen molar-refractivity contribution in [1.82, 2.24) is 9.88 Å². The molecule has 2 aromatic heterocycles. The summed E-state index contributed by atoms with van der Waals surface area (Å²) >= 11 is 0. The molecule has 0 aliphatic carbocycles. The van der Waals surface area contributed by atoms with Crippen molar-refractivity contribution in [1.29, 1.82) is 0 Å². The van der Waals surface area contributed by atoms with Gasteiger partial charge >= 0.3 is 18.1 Å². The minimum Gasteiger partial charge on any atom is -0.475 e. The Kier molecular flexibility index (Phi) is 4.91. The monoisotopic (exact) mass is 342 g/mol. The number of nitrogens with zero attached hydrogens (tertiary/aromatic N) is 2. The molecule has 6 nitrogen and oxygen atoms in total. The van der Waals surface area contributed by atoms with Crippen LogP contribution in [0, 0.1) is 0 Å². The smallest absolute Gasteiger partial charge is 0.471 e. The average molecular weight is 342 g/mol. The Labute approximate surface area is 134 Å². The number of rotatable bonds is 5. The molecule has 0 spiro atoms. The molecule has 0 aromatic carbocycles. The minimum absolute atomic E-state index is 0.0390. The van der Waals surface area contributed by atoms with Crippen LogP contribution in [-0.2, 0) is 11.3 Å². The van der Waals surface area contributed by atoms with E-state index >= 15 is 0 Å². The number of alkyl halides is 3. The number of aromatic nitrogens is 1. The molecule has 24 heavy (non-hydrogen) atoms. The van der Waals surface area contributed by atoms with Gasteiger partial charge in [0.15, 0.2) is 0 Å². The Hall–Kier alpha value is -2.84. The lowest BCUT2D eigenvalue weighted by Gasteiger charge is -2.29. The Bertz CT molecular complexity index is 728. The van der Waals surface area contributed by atoms with Crippen molar-refractivity contribution in [3.8, 4) is 0 Å². The molecule has 9 heteroatoms. The van der Waals surface area contributed by atoms with Crippen LogP contribution in [0.5, 0.6) is 0 Å². The van der Waals surface area contributed by atoms with Gasteiger partial charge in [-0.25, -0.2) is 4.79 Å². The van der Waals surface area contributed by atoms with E-state index in [0.29, 0.717) is 4.90 Å². The van der Waals surface area contributed by atoms with Gasteiger partial charge in [0.25, 0.3) is 0 Å². The number of carboxylic acid groups (broad SMARTS) is 1. The van der Waals surface area contributed by atoms with Crippen LogP contribution in [0.3, 0.4) is 0 Å². The molecule has 1 amide bonds. The summed E-state index contributed by atoms with van der Waals surface area (Å²) in [5.41, 5.74) is 0.207. The summed E-state index contributed by atoms with van der Waals surface area (Å²) in [5.74, 6) is -4.03. The van der Waals surface area contributed by atoms with Gasteiger partial charge in [-0.3, -0.25) is 9.78 Å². The molecule has 1 N–H and O–H groups in total. The standard InChI is InChI=1S/C15H13F3N2O4/c1-9(11-4-2-3-6-19-11)20(14(23)15(16,17)18)8-10-5-7-24-12(10)13(21)22/h2-7,9H,8H2,1H3,(H,21,22). The van der Waals surface area contributed by atoms with Gasteiger partial charge in [-0.05, 0) is 25.1 Å². The van der Waals surface area contributed by atoms with E-state index in [4.69, 9.17) is 9.52 Å². The minimum atomic E-state index is -5.10. The van der Waals surface area contributed by atoms with Crippen molar-refractivity contribution in [2.75, 3.05) is 0 Å². The van der Waals surface area contributed by atoms with Crippen LogP contribution >= 0.6 is 0 Å². The van der Waals surface area contributed by atoms with Gasteiger partial charge in [0.2, 0.25) is 5.76 Å². The predicted octanol–water partition coefficient (Wildman–Crippen LogP) is 3.02. The van der Waals surface area contributed by atoms with Crippen molar-refractivity contribution in [2.24, 2.45) is 0 Å². The summed E-state index contributed by atoms with van der Waals surface area (Å²) in [7, 11) is 0. The fourth-order valence-corrected chi connectivity index (χ4v) is 2.16. The number of carbonyl (C=O) groups excluding carboxylic acids is 1. The molecule has 2 aromatic rings. The summed E-state index contributed by atoms with van der Waals surface area (Å²) in [6, 6.07) is 4.84. The van der Waals surface area contributed by atoms with Gasteiger partial charge in [0.1, 0.15) is 0 Å². The lowest BCUT2D eigenvalue weighted by atomic mass is 10.1. The molecule has 0 radical (unpaired) electrons. The quantitative estimate of drug-likeness (QED) is 0.903. The Balaban J connectivity index is 2.38. The SMILES string of the molecule is CC(c1ccccn1)N(Cc1ccoc1C(=O)O)C(=O)C(F)(F)F. The molecule has 1 atom stereocenters. The molecule has 0 fully saturated rings. The Morgan fingerprint density at radius 1 is 1.33 bits per heavy atom. The van der Waals surface area contributed by atoms with Gasteiger partial charge in [-0.2, -0.15) is 13.2 Å². The van der Waals surface area contributed by atoms with Gasteiger partial charge in [0, 0.05) is 11.8 Å². The van der Waals surface area contributed by atoms with Crippen molar-refractivity contribution in [3.63, 3.8) is 0 Å². The molecular formula is C15H13F3N2O4. The number of carbonyl (C=O) groups is 2. The number of pyridine rings is 1. The molecule has 2 rings (SSSR count). The summed E-state index contributed by atoms with van der Waals surface area (Å²) < 4.78 is 43.5. The van der Waals surface area contributed by atoms with Crippen molar-refractivity contribution in [3.05, 3.63) is 53.7 Å². The maximum absolute atomic E-state index is 12.9. The third-order valence-electron chi connectivity index (χ3n) is 3.37. The fraction of sp³-hybridized carbons (Fsp3) is 0.267. The van der Waals surface area contributed by atoms with Crippen LogP contribution < -0.4 is 0 Å². The van der Waals surface area contributed by atoms with E-state index < -0.39 is 36.4 Å². The van der Waals surface area contributed by atoms with E-state index in [1.54, 1.807) is 12.1 Å². The topological polar surface area (TPSA) is 83.6 Å². The highest BCUT2D eigenvalue weighted by Crippen LogP contribution is 2.28. The first-order valence-electron chi connectivity index (χ1n) is 6.80. The van der Waals surface area contributed by atoms with Crippen LogP contribution in [0.25, 0.3) is 0 Å². The van der Waals surface area contributed by atoms with Crippen molar-refractivity contribution < 1.29 is 32.3 Å². The number of amides is 1. The highest BCUT2D eigenvalue weighted by Gasteiger charge is 2.44. The first-order valence-corrected chi connectivity index (χ1v) is 6.80. The first-order chi connectivity index (χ1) is 11.2. The lowest BCUT2D eigenvalue weighted by Crippen LogP contribution is -2.42. The molecule has 0 aliphatic rings. The summed E-state index contributed by atoms with van der Waals surface area (Å²) in [4.78, 5) is 27.3. The second kappa shape index (κ2) is 6.73. The van der Waals surface area contributed by atoms with E-state index in [9.17, 15) is 22.8 Å². The zero-order valence-corrected chi connectivity index (χ0v) is 12.4. The summed E-state index contributed by atoms with van der Waals surface area (Å²) in [6.07, 6.45) is -2.67. The Morgan fingerprint density at radius 2 is 2.04 bits per heavy atom. The van der Waals surface area contributed by atoms with E-state index in [1.165, 1.54) is 25.3 Å². The molecular weight excluding hydrogens is 329 g/mol. The maximum Gasteiger partial charge on any atom is 0.471 e. The van der Waals surface area contributed by atoms with E-state index in [-0.39, 0.29) is 11.3 Å². The number of hydrogen-bond donors (Lipinski definition) is 1. The van der Waals surface area contributed by atoms with Crippen LogP contribution in [0.15, 0.2) is 41.1 Å². The van der Waals surface area contributed by atoms with E-state index in [2.05, 4.69) is 4.98 Å². The van der Waals surface area contributed by atoms with Crippen LogP contribution in [-0.4, -0.2) is 33.0 Å².